The van der Waals surface area contributed by atoms with Crippen LogP contribution in [0.1, 0.15) is 26.1 Å². The van der Waals surface area contributed by atoms with Crippen LogP contribution in [0.25, 0.3) is 11.0 Å². The zero-order valence-electron chi connectivity index (χ0n) is 18.6. The van der Waals surface area contributed by atoms with Crippen LogP contribution in [0.2, 0.25) is 0 Å². The van der Waals surface area contributed by atoms with E-state index in [2.05, 4.69) is 0 Å². The lowest BCUT2D eigenvalue weighted by molar-refractivity contribution is -0.199. The first-order valence-corrected chi connectivity index (χ1v) is 11.1. The molecule has 1 aromatic heterocycles. The first kappa shape index (κ1) is 21.0. The summed E-state index contributed by atoms with van der Waals surface area (Å²) in [4.78, 5) is 20.2. The van der Waals surface area contributed by atoms with E-state index in [1.807, 2.05) is 77.9 Å². The van der Waals surface area contributed by atoms with Gasteiger partial charge in [0.05, 0.1) is 29.8 Å². The Morgan fingerprint density at radius 3 is 2.66 bits per heavy atom. The molecule has 2 saturated heterocycles. The third-order valence-electron chi connectivity index (χ3n) is 6.10. The summed E-state index contributed by atoms with van der Waals surface area (Å²) in [7, 11) is 0. The van der Waals surface area contributed by atoms with Gasteiger partial charge in [-0.15, -0.1) is 0 Å². The molecule has 1 amide bonds. The van der Waals surface area contributed by atoms with Crippen molar-refractivity contribution in [2.45, 2.75) is 44.6 Å². The van der Waals surface area contributed by atoms with Gasteiger partial charge in [0.2, 0.25) is 5.91 Å². The van der Waals surface area contributed by atoms with E-state index >= 15 is 0 Å². The van der Waals surface area contributed by atoms with Gasteiger partial charge in [0.25, 0.3) is 0 Å². The molecule has 0 aliphatic carbocycles. The molecule has 2 aliphatic rings. The Hall–Kier alpha value is -2.90. The molecule has 1 spiro atoms. The zero-order chi connectivity index (χ0) is 22.2. The molecule has 2 fully saturated rings. The number of hydrogen-bond acceptors (Lipinski definition) is 5. The highest BCUT2D eigenvalue weighted by Crippen LogP contribution is 2.35. The molecule has 0 unspecified atom stereocenters. The van der Waals surface area contributed by atoms with Gasteiger partial charge in [0.15, 0.2) is 0 Å². The first-order chi connectivity index (χ1) is 15.4. The highest BCUT2D eigenvalue weighted by molar-refractivity contribution is 5.81. The Bertz CT molecular complexity index is 1100. The second-order valence-corrected chi connectivity index (χ2v) is 9.30. The summed E-state index contributed by atoms with van der Waals surface area (Å²) in [5.41, 5.74) is 0.958. The van der Waals surface area contributed by atoms with Crippen LogP contribution in [-0.2, 0) is 27.4 Å². The maximum absolute atomic E-state index is 13.5. The average molecular weight is 436 g/mol. The van der Waals surface area contributed by atoms with Crippen molar-refractivity contribution in [2.24, 2.45) is 0 Å². The summed E-state index contributed by atoms with van der Waals surface area (Å²) in [5, 5.41) is 0. The molecule has 5 rings (SSSR count). The van der Waals surface area contributed by atoms with Crippen LogP contribution in [0.4, 0.5) is 0 Å². The molecule has 0 saturated carbocycles. The van der Waals surface area contributed by atoms with E-state index in [1.54, 1.807) is 0 Å². The fraction of sp³-hybridized carbons (Fsp3) is 0.440. The van der Waals surface area contributed by atoms with E-state index in [0.717, 1.165) is 29.0 Å². The van der Waals surface area contributed by atoms with Crippen LogP contribution in [0.3, 0.4) is 0 Å². The Morgan fingerprint density at radius 2 is 1.88 bits per heavy atom. The van der Waals surface area contributed by atoms with Gasteiger partial charge in [-0.2, -0.15) is 0 Å². The van der Waals surface area contributed by atoms with Gasteiger partial charge < -0.3 is 23.7 Å². The highest BCUT2D eigenvalue weighted by Gasteiger charge is 2.48. The normalized spacial score (nSPS) is 22.5. The molecule has 3 aromatic rings. The number of imidazole rings is 1. The molecule has 3 heterocycles. The number of rotatable bonds is 5. The number of carbonyl (C=O) groups is 1. The standard InChI is InChI=1S/C25H29N3O4/c1-24(2)16-27(17-25(32-24)12-13-30-18-25)23(29)14-28-21-11-7-6-10-20(21)26-22(28)15-31-19-8-4-3-5-9-19/h3-11H,12-18H2,1-2H3/t25-/m1/s1. The van der Waals surface area contributed by atoms with E-state index < -0.39 is 11.2 Å². The van der Waals surface area contributed by atoms with Gasteiger partial charge in [0, 0.05) is 19.6 Å². The highest BCUT2D eigenvalue weighted by atomic mass is 16.6. The Kier molecular flexibility index (Phi) is 5.39. The Morgan fingerprint density at radius 1 is 1.09 bits per heavy atom. The molecule has 168 valence electrons. The van der Waals surface area contributed by atoms with Gasteiger partial charge in [-0.05, 0) is 38.1 Å². The summed E-state index contributed by atoms with van der Waals surface area (Å²) in [6, 6.07) is 17.5. The number of benzene rings is 2. The number of carbonyl (C=O) groups excluding carboxylic acids is 1. The van der Waals surface area contributed by atoms with Gasteiger partial charge in [0.1, 0.15) is 30.3 Å². The number of nitrogens with zero attached hydrogens (tertiary/aromatic N) is 3. The van der Waals surface area contributed by atoms with Crippen molar-refractivity contribution in [1.82, 2.24) is 14.5 Å². The van der Waals surface area contributed by atoms with Crippen LogP contribution in [0.15, 0.2) is 54.6 Å². The number of hydrogen-bond donors (Lipinski definition) is 0. The molecule has 1 atom stereocenters. The molecule has 7 heteroatoms. The second kappa shape index (κ2) is 8.22. The minimum absolute atomic E-state index is 0.0526. The lowest BCUT2D eigenvalue weighted by Gasteiger charge is -2.48. The van der Waals surface area contributed by atoms with E-state index in [-0.39, 0.29) is 12.5 Å². The van der Waals surface area contributed by atoms with Crippen LogP contribution in [-0.4, -0.2) is 57.9 Å². The molecule has 2 aromatic carbocycles. The number of amides is 1. The van der Waals surface area contributed by atoms with Crippen LogP contribution in [0.5, 0.6) is 5.75 Å². The summed E-state index contributed by atoms with van der Waals surface area (Å²) in [5.74, 6) is 1.56. The molecule has 0 bridgehead atoms. The van der Waals surface area contributed by atoms with Gasteiger partial charge in [-0.25, -0.2) is 4.98 Å². The minimum Gasteiger partial charge on any atom is -0.486 e. The largest absolute Gasteiger partial charge is 0.486 e. The molecular formula is C25H29N3O4. The van der Waals surface area contributed by atoms with Crippen molar-refractivity contribution in [3.05, 3.63) is 60.4 Å². The maximum atomic E-state index is 13.5. The first-order valence-electron chi connectivity index (χ1n) is 11.1. The van der Waals surface area contributed by atoms with Crippen molar-refractivity contribution >= 4 is 16.9 Å². The quantitative estimate of drug-likeness (QED) is 0.615. The molecule has 32 heavy (non-hydrogen) atoms. The molecular weight excluding hydrogens is 406 g/mol. The van der Waals surface area contributed by atoms with Crippen molar-refractivity contribution in [3.8, 4) is 5.75 Å². The molecule has 2 aliphatic heterocycles. The number of ether oxygens (including phenoxy) is 3. The number of aromatic nitrogens is 2. The fourth-order valence-electron chi connectivity index (χ4n) is 4.80. The van der Waals surface area contributed by atoms with Crippen LogP contribution < -0.4 is 4.74 Å². The zero-order valence-corrected chi connectivity index (χ0v) is 18.6. The van der Waals surface area contributed by atoms with Crippen LogP contribution in [0, 0.1) is 0 Å². The number of fused-ring (bicyclic) bond motifs is 1. The Labute approximate surface area is 187 Å². The van der Waals surface area contributed by atoms with Crippen molar-refractivity contribution in [2.75, 3.05) is 26.3 Å². The monoisotopic (exact) mass is 435 g/mol. The summed E-state index contributed by atoms with van der Waals surface area (Å²) < 4.78 is 19.9. The van der Waals surface area contributed by atoms with E-state index in [4.69, 9.17) is 19.2 Å². The predicted molar refractivity (Wildman–Crippen MR) is 120 cm³/mol. The van der Waals surface area contributed by atoms with Gasteiger partial charge >= 0.3 is 0 Å². The summed E-state index contributed by atoms with van der Waals surface area (Å²) in [6.07, 6.45) is 0.810. The molecule has 7 nitrogen and oxygen atoms in total. The lowest BCUT2D eigenvalue weighted by Crippen LogP contribution is -2.61. The van der Waals surface area contributed by atoms with E-state index in [1.165, 1.54) is 0 Å². The van der Waals surface area contributed by atoms with Crippen molar-refractivity contribution in [1.29, 1.82) is 0 Å². The lowest BCUT2D eigenvalue weighted by atomic mass is 9.95. The molecule has 0 N–H and O–H groups in total. The second-order valence-electron chi connectivity index (χ2n) is 9.30. The van der Waals surface area contributed by atoms with Crippen LogP contribution >= 0.6 is 0 Å². The average Bonchev–Trinajstić information content (AvgIpc) is 3.36. The topological polar surface area (TPSA) is 65.8 Å². The third-order valence-corrected chi connectivity index (χ3v) is 6.10. The van der Waals surface area contributed by atoms with E-state index in [9.17, 15) is 4.79 Å². The maximum Gasteiger partial charge on any atom is 0.242 e. The number of para-hydroxylation sites is 3. The van der Waals surface area contributed by atoms with Gasteiger partial charge in [-0.3, -0.25) is 4.79 Å². The number of morpholine rings is 1. The minimum atomic E-state index is -0.419. The SMILES string of the molecule is CC1(C)CN(C(=O)Cn2c(COc3ccccc3)nc3ccccc32)C[C@@]2(CCOC2)O1. The smallest absolute Gasteiger partial charge is 0.242 e. The van der Waals surface area contributed by atoms with E-state index in [0.29, 0.717) is 32.9 Å². The Balaban J connectivity index is 1.39. The third kappa shape index (κ3) is 4.23. The van der Waals surface area contributed by atoms with Crippen molar-refractivity contribution < 1.29 is 19.0 Å². The molecule has 0 radical (unpaired) electrons. The predicted octanol–water partition coefficient (Wildman–Crippen LogP) is 3.41. The fourth-order valence-corrected chi connectivity index (χ4v) is 4.80. The van der Waals surface area contributed by atoms with Gasteiger partial charge in [-0.1, -0.05) is 30.3 Å². The summed E-state index contributed by atoms with van der Waals surface area (Å²) >= 11 is 0. The summed E-state index contributed by atoms with van der Waals surface area (Å²) in [6.45, 7) is 6.89. The van der Waals surface area contributed by atoms with Crippen molar-refractivity contribution in [3.63, 3.8) is 0 Å².